The van der Waals surface area contributed by atoms with E-state index in [2.05, 4.69) is 17.6 Å². The Bertz CT molecular complexity index is 321. The number of rotatable bonds is 9. The Kier molecular flexibility index (Phi) is 9.56. The van der Waals surface area contributed by atoms with E-state index in [-0.39, 0.29) is 12.1 Å². The van der Waals surface area contributed by atoms with Crippen molar-refractivity contribution in [2.75, 3.05) is 19.8 Å². The number of alkyl carbamates (subject to hydrolysis) is 1. The number of unbranched alkanes of at least 4 members (excludes halogenated alkanes) is 1. The van der Waals surface area contributed by atoms with Gasteiger partial charge in [-0.2, -0.15) is 0 Å². The fourth-order valence-electron chi connectivity index (χ4n) is 2.74. The second-order valence-corrected chi connectivity index (χ2v) is 7.47. The molecule has 0 saturated heterocycles. The van der Waals surface area contributed by atoms with E-state index >= 15 is 0 Å². The lowest BCUT2D eigenvalue weighted by Gasteiger charge is -2.30. The Labute approximate surface area is 141 Å². The molecule has 5 heteroatoms. The zero-order valence-electron chi connectivity index (χ0n) is 15.5. The Morgan fingerprint density at radius 2 is 1.65 bits per heavy atom. The first-order chi connectivity index (χ1) is 10.9. The molecule has 5 nitrogen and oxygen atoms in total. The standard InChI is InChI=1S/C18H36N2O3/c1-5-6-13-22-14-7-12-19-15-8-10-16(11-9-15)20-17(21)23-18(2,3)4/h15-16,19H,5-14H2,1-4H3,(H,20,21). The molecule has 2 N–H and O–H groups in total. The monoisotopic (exact) mass is 328 g/mol. The van der Waals surface area contributed by atoms with Gasteiger partial charge in [0.2, 0.25) is 0 Å². The average molecular weight is 328 g/mol. The molecule has 1 saturated carbocycles. The van der Waals surface area contributed by atoms with Gasteiger partial charge in [-0.15, -0.1) is 0 Å². The van der Waals surface area contributed by atoms with Gasteiger partial charge in [-0.3, -0.25) is 0 Å². The van der Waals surface area contributed by atoms with Gasteiger partial charge < -0.3 is 20.1 Å². The maximum Gasteiger partial charge on any atom is 0.407 e. The highest BCUT2D eigenvalue weighted by Crippen LogP contribution is 2.19. The zero-order valence-corrected chi connectivity index (χ0v) is 15.5. The van der Waals surface area contributed by atoms with Gasteiger partial charge in [-0.25, -0.2) is 4.79 Å². The summed E-state index contributed by atoms with van der Waals surface area (Å²) in [5, 5.41) is 6.58. The van der Waals surface area contributed by atoms with Gasteiger partial charge in [-0.1, -0.05) is 13.3 Å². The van der Waals surface area contributed by atoms with Crippen LogP contribution in [0.4, 0.5) is 4.79 Å². The van der Waals surface area contributed by atoms with E-state index in [9.17, 15) is 4.79 Å². The number of hydrogen-bond donors (Lipinski definition) is 2. The molecule has 23 heavy (non-hydrogen) atoms. The summed E-state index contributed by atoms with van der Waals surface area (Å²) in [4.78, 5) is 11.8. The van der Waals surface area contributed by atoms with E-state index in [1.54, 1.807) is 0 Å². The molecule has 1 rings (SSSR count). The van der Waals surface area contributed by atoms with Crippen LogP contribution >= 0.6 is 0 Å². The molecule has 1 amide bonds. The Morgan fingerprint density at radius 3 is 2.26 bits per heavy atom. The van der Waals surface area contributed by atoms with Crippen molar-refractivity contribution in [2.45, 2.75) is 90.3 Å². The van der Waals surface area contributed by atoms with E-state index in [1.165, 1.54) is 6.42 Å². The van der Waals surface area contributed by atoms with Crippen LogP contribution < -0.4 is 10.6 Å². The summed E-state index contributed by atoms with van der Waals surface area (Å²) in [6.45, 7) is 10.6. The molecular formula is C18H36N2O3. The van der Waals surface area contributed by atoms with Crippen LogP contribution in [0.2, 0.25) is 0 Å². The van der Waals surface area contributed by atoms with Crippen LogP contribution in [0.5, 0.6) is 0 Å². The molecule has 0 spiro atoms. The van der Waals surface area contributed by atoms with Gasteiger partial charge in [0, 0.05) is 25.3 Å². The lowest BCUT2D eigenvalue weighted by atomic mass is 9.91. The first-order valence-electron chi connectivity index (χ1n) is 9.21. The number of amides is 1. The third-order valence-electron chi connectivity index (χ3n) is 3.99. The molecule has 1 aliphatic rings. The molecule has 0 atom stereocenters. The summed E-state index contributed by atoms with van der Waals surface area (Å²) in [5.74, 6) is 0. The molecule has 0 aliphatic heterocycles. The molecule has 136 valence electrons. The maximum absolute atomic E-state index is 11.8. The summed E-state index contributed by atoms with van der Waals surface area (Å²) < 4.78 is 10.9. The van der Waals surface area contributed by atoms with Crippen molar-refractivity contribution in [1.29, 1.82) is 0 Å². The van der Waals surface area contributed by atoms with Crippen molar-refractivity contribution in [2.24, 2.45) is 0 Å². The molecule has 1 fully saturated rings. The Balaban J connectivity index is 2.03. The van der Waals surface area contributed by atoms with Gasteiger partial charge in [0.15, 0.2) is 0 Å². The maximum atomic E-state index is 11.8. The highest BCUT2D eigenvalue weighted by Gasteiger charge is 2.24. The van der Waals surface area contributed by atoms with Crippen molar-refractivity contribution < 1.29 is 14.3 Å². The minimum Gasteiger partial charge on any atom is -0.444 e. The second-order valence-electron chi connectivity index (χ2n) is 7.47. The molecule has 0 heterocycles. The molecule has 0 aromatic rings. The number of ether oxygens (including phenoxy) is 2. The lowest BCUT2D eigenvalue weighted by molar-refractivity contribution is 0.0489. The first kappa shape index (κ1) is 20.2. The average Bonchev–Trinajstić information content (AvgIpc) is 2.46. The summed E-state index contributed by atoms with van der Waals surface area (Å²) in [5.41, 5.74) is -0.429. The minimum atomic E-state index is -0.429. The van der Waals surface area contributed by atoms with E-state index in [0.717, 1.165) is 58.3 Å². The van der Waals surface area contributed by atoms with Crippen LogP contribution in [0.25, 0.3) is 0 Å². The van der Waals surface area contributed by atoms with Gasteiger partial charge in [0.25, 0.3) is 0 Å². The van der Waals surface area contributed by atoms with Crippen molar-refractivity contribution in [3.8, 4) is 0 Å². The smallest absolute Gasteiger partial charge is 0.407 e. The SMILES string of the molecule is CCCCOCCCNC1CCC(NC(=O)OC(C)(C)C)CC1. The zero-order chi connectivity index (χ0) is 17.1. The molecular weight excluding hydrogens is 292 g/mol. The third kappa shape index (κ3) is 10.6. The van der Waals surface area contributed by atoms with Crippen molar-refractivity contribution in [3.05, 3.63) is 0 Å². The van der Waals surface area contributed by atoms with Crippen molar-refractivity contribution >= 4 is 6.09 Å². The van der Waals surface area contributed by atoms with E-state index in [0.29, 0.717) is 6.04 Å². The number of hydrogen-bond acceptors (Lipinski definition) is 4. The first-order valence-corrected chi connectivity index (χ1v) is 9.21. The van der Waals surface area contributed by atoms with Crippen LogP contribution in [0, 0.1) is 0 Å². The van der Waals surface area contributed by atoms with E-state index in [1.807, 2.05) is 20.8 Å². The predicted octanol–water partition coefficient (Wildman–Crippen LogP) is 3.62. The lowest BCUT2D eigenvalue weighted by Crippen LogP contribution is -2.44. The van der Waals surface area contributed by atoms with Crippen LogP contribution in [0.1, 0.15) is 72.6 Å². The summed E-state index contributed by atoms with van der Waals surface area (Å²) in [6.07, 6.45) is 7.38. The van der Waals surface area contributed by atoms with Gasteiger partial charge in [0.1, 0.15) is 5.60 Å². The van der Waals surface area contributed by atoms with Crippen molar-refractivity contribution in [3.63, 3.8) is 0 Å². The van der Waals surface area contributed by atoms with Crippen molar-refractivity contribution in [1.82, 2.24) is 10.6 Å². The second kappa shape index (κ2) is 10.9. The quantitative estimate of drug-likeness (QED) is 0.635. The fraction of sp³-hybridized carbons (Fsp3) is 0.944. The normalized spacial score (nSPS) is 21.9. The minimum absolute atomic E-state index is 0.250. The molecule has 0 unspecified atom stereocenters. The summed E-state index contributed by atoms with van der Waals surface area (Å²) in [7, 11) is 0. The predicted molar refractivity (Wildman–Crippen MR) is 93.8 cm³/mol. The highest BCUT2D eigenvalue weighted by atomic mass is 16.6. The van der Waals surface area contributed by atoms with Gasteiger partial charge >= 0.3 is 6.09 Å². The topological polar surface area (TPSA) is 59.6 Å². The molecule has 0 radical (unpaired) electrons. The van der Waals surface area contributed by atoms with Crippen LogP contribution in [0.15, 0.2) is 0 Å². The molecule has 0 aromatic carbocycles. The summed E-state index contributed by atoms with van der Waals surface area (Å²) in [6, 6.07) is 0.822. The molecule has 1 aliphatic carbocycles. The van der Waals surface area contributed by atoms with Crippen LogP contribution in [-0.4, -0.2) is 43.5 Å². The summed E-state index contributed by atoms with van der Waals surface area (Å²) >= 11 is 0. The van der Waals surface area contributed by atoms with Gasteiger partial charge in [-0.05, 0) is 65.8 Å². The van der Waals surface area contributed by atoms with E-state index in [4.69, 9.17) is 9.47 Å². The van der Waals surface area contributed by atoms with Crippen LogP contribution in [0.3, 0.4) is 0 Å². The van der Waals surface area contributed by atoms with E-state index < -0.39 is 5.60 Å². The third-order valence-corrected chi connectivity index (χ3v) is 3.99. The Morgan fingerprint density at radius 1 is 1.04 bits per heavy atom. The number of carbonyl (C=O) groups excluding carboxylic acids is 1. The molecule has 0 bridgehead atoms. The van der Waals surface area contributed by atoms with Crippen LogP contribution in [-0.2, 0) is 9.47 Å². The van der Waals surface area contributed by atoms with Gasteiger partial charge in [0.05, 0.1) is 0 Å². The Hall–Kier alpha value is -0.810. The molecule has 0 aromatic heterocycles. The largest absolute Gasteiger partial charge is 0.444 e. The number of carbonyl (C=O) groups is 1. The fourth-order valence-corrected chi connectivity index (χ4v) is 2.74. The highest BCUT2D eigenvalue weighted by molar-refractivity contribution is 5.68. The number of nitrogens with one attached hydrogen (secondary N) is 2.